The van der Waals surface area contributed by atoms with Gasteiger partial charge in [0.25, 0.3) is 5.69 Å². The van der Waals surface area contributed by atoms with Crippen LogP contribution in [0.3, 0.4) is 0 Å². The van der Waals surface area contributed by atoms with Crippen molar-refractivity contribution >= 4 is 13.5 Å². The molecular weight excluding hydrogens is 243 g/mol. The lowest BCUT2D eigenvalue weighted by atomic mass is 10.3. The third kappa shape index (κ3) is 3.30. The highest BCUT2D eigenvalue weighted by molar-refractivity contribution is 7.47. The number of nitro benzene ring substituents is 1. The fraction of sp³-hybridized carbons (Fsp3) is 0. The van der Waals surface area contributed by atoms with Gasteiger partial charge in [0, 0.05) is 12.1 Å². The van der Waals surface area contributed by atoms with Crippen LogP contribution in [0.15, 0.2) is 29.6 Å². The third-order valence-corrected chi connectivity index (χ3v) is 2.12. The number of non-ortho nitro benzene ring substituents is 1. The molecule has 0 aliphatic carbocycles. The molecule has 9 nitrogen and oxygen atoms in total. The molecule has 86 valence electrons. The average Bonchev–Trinajstić information content (AvgIpc) is 2.17. The van der Waals surface area contributed by atoms with Gasteiger partial charge in [-0.15, -0.1) is 4.91 Å². The van der Waals surface area contributed by atoms with Crippen LogP contribution >= 0.6 is 7.82 Å². The molecule has 0 saturated carbocycles. The summed E-state index contributed by atoms with van der Waals surface area (Å²) in [5.74, 6) is -0.167. The van der Waals surface area contributed by atoms with Crippen molar-refractivity contribution in [2.75, 3.05) is 0 Å². The van der Waals surface area contributed by atoms with E-state index in [0.29, 0.717) is 0 Å². The Hall–Kier alpha value is -1.99. The fourth-order valence-corrected chi connectivity index (χ4v) is 1.33. The Morgan fingerprint density at radius 1 is 1.38 bits per heavy atom. The lowest BCUT2D eigenvalue weighted by molar-refractivity contribution is -0.384. The maximum Gasteiger partial charge on any atom is 0.607 e. The van der Waals surface area contributed by atoms with Crippen molar-refractivity contribution in [2.24, 2.45) is 5.34 Å². The highest BCUT2D eigenvalue weighted by Crippen LogP contribution is 2.44. The lowest BCUT2D eigenvalue weighted by Crippen LogP contribution is -1.93. The van der Waals surface area contributed by atoms with Crippen LogP contribution in [0.1, 0.15) is 0 Å². The largest absolute Gasteiger partial charge is 0.607 e. The summed E-state index contributed by atoms with van der Waals surface area (Å²) >= 11 is 0. The van der Waals surface area contributed by atoms with Gasteiger partial charge in [0.15, 0.2) is 5.34 Å². The minimum absolute atomic E-state index is 0.167. The lowest BCUT2D eigenvalue weighted by Gasteiger charge is -2.07. The number of phosphoric acid groups is 1. The normalized spacial score (nSPS) is 13.6. The van der Waals surface area contributed by atoms with Crippen molar-refractivity contribution < 1.29 is 23.5 Å². The Bertz CT molecular complexity index is 445. The zero-order chi connectivity index (χ0) is 12.2. The molecule has 0 aromatic heterocycles. The predicted octanol–water partition coefficient (Wildman–Crippen LogP) is 1.77. The van der Waals surface area contributed by atoms with E-state index in [4.69, 9.17) is 4.89 Å². The SMILES string of the molecule is O=NOP(=O)(O)Oc1ccc([N+](=O)[O-])cc1. The Morgan fingerprint density at radius 3 is 2.38 bits per heavy atom. The highest BCUT2D eigenvalue weighted by atomic mass is 31.2. The van der Waals surface area contributed by atoms with Crippen LogP contribution in [0.5, 0.6) is 5.75 Å². The number of nitro groups is 1. The molecular formula is C6H5N2O7P. The molecule has 1 aromatic carbocycles. The standard InChI is InChI=1S/C6H5N2O7P/c9-7-15-16(12,13)14-6-3-1-5(2-4-6)8(10)11/h1-4H,(H,12,13). The van der Waals surface area contributed by atoms with Gasteiger partial charge in [-0.2, -0.15) is 0 Å². The van der Waals surface area contributed by atoms with Crippen LogP contribution in [-0.2, 0) is 9.19 Å². The predicted molar refractivity (Wildman–Crippen MR) is 50.4 cm³/mol. The molecule has 1 N–H and O–H groups in total. The molecule has 1 aromatic rings. The number of hydrogen-bond donors (Lipinski definition) is 1. The summed E-state index contributed by atoms with van der Waals surface area (Å²) in [7, 11) is -4.60. The van der Waals surface area contributed by atoms with Gasteiger partial charge in [-0.05, 0) is 12.1 Å². The van der Waals surface area contributed by atoms with Crippen molar-refractivity contribution in [1.82, 2.24) is 0 Å². The number of rotatable bonds is 5. The van der Waals surface area contributed by atoms with E-state index in [2.05, 4.69) is 9.15 Å². The molecule has 1 atom stereocenters. The minimum atomic E-state index is -4.60. The molecule has 0 saturated heterocycles. The van der Waals surface area contributed by atoms with Crippen molar-refractivity contribution in [3.8, 4) is 5.75 Å². The van der Waals surface area contributed by atoms with E-state index in [1.807, 2.05) is 0 Å². The van der Waals surface area contributed by atoms with Crippen LogP contribution < -0.4 is 4.52 Å². The van der Waals surface area contributed by atoms with E-state index >= 15 is 0 Å². The Kier molecular flexibility index (Phi) is 3.54. The first-order valence-electron chi connectivity index (χ1n) is 3.73. The number of phosphoric ester groups is 1. The van der Waals surface area contributed by atoms with Crippen molar-refractivity contribution in [1.29, 1.82) is 0 Å². The fourth-order valence-electron chi connectivity index (χ4n) is 0.821. The second-order valence-corrected chi connectivity index (χ2v) is 3.75. The summed E-state index contributed by atoms with van der Waals surface area (Å²) in [4.78, 5) is 28.0. The van der Waals surface area contributed by atoms with Crippen LogP contribution in [0.2, 0.25) is 0 Å². The van der Waals surface area contributed by atoms with Crippen LogP contribution in [-0.4, -0.2) is 9.82 Å². The molecule has 0 bridgehead atoms. The van der Waals surface area contributed by atoms with E-state index in [-0.39, 0.29) is 11.4 Å². The first kappa shape index (κ1) is 12.1. The van der Waals surface area contributed by atoms with Gasteiger partial charge in [-0.25, -0.2) is 9.19 Å². The van der Waals surface area contributed by atoms with Crippen LogP contribution in [0.25, 0.3) is 0 Å². The zero-order valence-corrected chi connectivity index (χ0v) is 8.44. The van der Waals surface area contributed by atoms with E-state index < -0.39 is 12.7 Å². The summed E-state index contributed by atoms with van der Waals surface area (Å²) in [5.41, 5.74) is -0.213. The number of benzene rings is 1. The maximum absolute atomic E-state index is 10.9. The molecule has 0 aliphatic heterocycles. The number of hydrogen-bond acceptors (Lipinski definition) is 7. The monoisotopic (exact) mass is 248 g/mol. The van der Waals surface area contributed by atoms with Gasteiger partial charge < -0.3 is 4.52 Å². The topological polar surface area (TPSA) is 128 Å². The Morgan fingerprint density at radius 2 is 1.94 bits per heavy atom. The van der Waals surface area contributed by atoms with E-state index in [1.165, 1.54) is 0 Å². The Balaban J connectivity index is 2.79. The minimum Gasteiger partial charge on any atom is -0.394 e. The molecule has 16 heavy (non-hydrogen) atoms. The van der Waals surface area contributed by atoms with E-state index in [0.717, 1.165) is 24.3 Å². The van der Waals surface area contributed by atoms with E-state index in [9.17, 15) is 19.6 Å². The van der Waals surface area contributed by atoms with Crippen molar-refractivity contribution in [3.63, 3.8) is 0 Å². The molecule has 0 amide bonds. The average molecular weight is 248 g/mol. The highest BCUT2D eigenvalue weighted by Gasteiger charge is 2.25. The molecule has 10 heteroatoms. The summed E-state index contributed by atoms with van der Waals surface area (Å²) < 4.78 is 18.8. The van der Waals surface area contributed by atoms with Gasteiger partial charge in [0.1, 0.15) is 5.75 Å². The smallest absolute Gasteiger partial charge is 0.394 e. The van der Waals surface area contributed by atoms with E-state index in [1.54, 1.807) is 5.34 Å². The Labute approximate surface area is 88.3 Å². The van der Waals surface area contributed by atoms with Crippen LogP contribution in [0, 0.1) is 15.0 Å². The number of nitrogens with zero attached hydrogens (tertiary/aromatic N) is 2. The molecule has 0 spiro atoms. The first-order chi connectivity index (χ1) is 7.44. The van der Waals surface area contributed by atoms with Gasteiger partial charge in [-0.1, -0.05) is 0 Å². The summed E-state index contributed by atoms with van der Waals surface area (Å²) in [6.45, 7) is 0. The molecule has 0 radical (unpaired) electrons. The molecule has 0 fully saturated rings. The summed E-state index contributed by atoms with van der Waals surface area (Å²) in [6, 6.07) is 4.28. The molecule has 1 unspecified atom stereocenters. The van der Waals surface area contributed by atoms with Crippen LogP contribution in [0.4, 0.5) is 5.69 Å². The third-order valence-electron chi connectivity index (χ3n) is 1.40. The quantitative estimate of drug-likeness (QED) is 0.363. The second kappa shape index (κ2) is 4.69. The van der Waals surface area contributed by atoms with Gasteiger partial charge in [0.05, 0.1) is 4.92 Å². The zero-order valence-electron chi connectivity index (χ0n) is 7.55. The molecule has 1 rings (SSSR count). The van der Waals surface area contributed by atoms with Gasteiger partial charge in [0.2, 0.25) is 0 Å². The molecule has 0 heterocycles. The van der Waals surface area contributed by atoms with Gasteiger partial charge in [-0.3, -0.25) is 15.0 Å². The molecule has 0 aliphatic rings. The first-order valence-corrected chi connectivity index (χ1v) is 5.22. The summed E-state index contributed by atoms with van der Waals surface area (Å²) in [6.07, 6.45) is 0. The second-order valence-electron chi connectivity index (χ2n) is 2.47. The van der Waals surface area contributed by atoms with Gasteiger partial charge >= 0.3 is 7.82 Å². The summed E-state index contributed by atoms with van der Waals surface area (Å²) in [5, 5.41) is 12.0. The van der Waals surface area contributed by atoms with Crippen molar-refractivity contribution in [2.45, 2.75) is 0 Å². The maximum atomic E-state index is 10.9. The van der Waals surface area contributed by atoms with Crippen molar-refractivity contribution in [3.05, 3.63) is 39.3 Å².